The van der Waals surface area contributed by atoms with Crippen LogP contribution in [0.15, 0.2) is 78.9 Å². The number of aromatic carboxylic acids is 1. The number of carbonyl (C=O) groups is 2. The molecule has 0 heterocycles. The molecule has 0 aromatic heterocycles. The molecule has 3 aromatic rings. The van der Waals surface area contributed by atoms with Crippen LogP contribution in [0, 0.1) is 0 Å². The Balaban J connectivity index is 1.91. The van der Waals surface area contributed by atoms with Crippen molar-refractivity contribution >= 4 is 29.7 Å². The molecule has 27 heavy (non-hydrogen) atoms. The standard InChI is InChI=1S/C23H19NO3/c1-24(22(25)19-10-6-3-7-11-19)21-15-14-18(16-20(21)23(26)27)13-12-17-8-4-2-5-9-17/h2-16H,1H3,(H,26,27). The first-order valence-electron chi connectivity index (χ1n) is 8.50. The Labute approximate surface area is 158 Å². The zero-order chi connectivity index (χ0) is 19.2. The highest BCUT2D eigenvalue weighted by atomic mass is 16.4. The van der Waals surface area contributed by atoms with Gasteiger partial charge in [-0.2, -0.15) is 0 Å². The third-order valence-electron chi connectivity index (χ3n) is 4.21. The molecule has 0 saturated carbocycles. The van der Waals surface area contributed by atoms with Crippen molar-refractivity contribution in [3.05, 3.63) is 101 Å². The smallest absolute Gasteiger partial charge is 0.337 e. The molecule has 134 valence electrons. The van der Waals surface area contributed by atoms with Gasteiger partial charge in [-0.05, 0) is 35.4 Å². The fourth-order valence-corrected chi connectivity index (χ4v) is 2.76. The van der Waals surface area contributed by atoms with E-state index in [1.807, 2.05) is 48.6 Å². The van der Waals surface area contributed by atoms with Crippen LogP contribution in [0.3, 0.4) is 0 Å². The summed E-state index contributed by atoms with van der Waals surface area (Å²) in [5, 5.41) is 9.61. The fraction of sp³-hybridized carbons (Fsp3) is 0.0435. The van der Waals surface area contributed by atoms with Crippen LogP contribution >= 0.6 is 0 Å². The van der Waals surface area contributed by atoms with Gasteiger partial charge in [-0.15, -0.1) is 0 Å². The first-order chi connectivity index (χ1) is 13.1. The highest BCUT2D eigenvalue weighted by Crippen LogP contribution is 2.24. The number of carboxylic acids is 1. The average Bonchev–Trinajstić information content (AvgIpc) is 2.72. The van der Waals surface area contributed by atoms with Crippen molar-refractivity contribution in [2.75, 3.05) is 11.9 Å². The summed E-state index contributed by atoms with van der Waals surface area (Å²) >= 11 is 0. The summed E-state index contributed by atoms with van der Waals surface area (Å²) in [4.78, 5) is 25.7. The van der Waals surface area contributed by atoms with E-state index in [2.05, 4.69) is 0 Å². The maximum Gasteiger partial charge on any atom is 0.337 e. The molecule has 4 heteroatoms. The zero-order valence-electron chi connectivity index (χ0n) is 14.9. The minimum Gasteiger partial charge on any atom is -0.478 e. The SMILES string of the molecule is CN(C(=O)c1ccccc1)c1ccc(C=Cc2ccccc2)cc1C(=O)O. The predicted molar refractivity (Wildman–Crippen MR) is 108 cm³/mol. The molecule has 0 fully saturated rings. The fourth-order valence-electron chi connectivity index (χ4n) is 2.76. The van der Waals surface area contributed by atoms with Crippen LogP contribution in [0.25, 0.3) is 12.2 Å². The molecule has 0 saturated heterocycles. The van der Waals surface area contributed by atoms with E-state index >= 15 is 0 Å². The number of carbonyl (C=O) groups excluding carboxylic acids is 1. The van der Waals surface area contributed by atoms with Crippen LogP contribution in [-0.4, -0.2) is 24.0 Å². The van der Waals surface area contributed by atoms with E-state index < -0.39 is 5.97 Å². The quantitative estimate of drug-likeness (QED) is 0.665. The number of amides is 1. The lowest BCUT2D eigenvalue weighted by Gasteiger charge is -2.20. The van der Waals surface area contributed by atoms with E-state index in [0.29, 0.717) is 11.3 Å². The first kappa shape index (κ1) is 18.1. The van der Waals surface area contributed by atoms with Crippen molar-refractivity contribution < 1.29 is 14.7 Å². The number of anilines is 1. The van der Waals surface area contributed by atoms with Crippen molar-refractivity contribution in [2.24, 2.45) is 0 Å². The lowest BCUT2D eigenvalue weighted by atomic mass is 10.1. The van der Waals surface area contributed by atoms with Gasteiger partial charge in [-0.25, -0.2) is 4.79 Å². The second-order valence-corrected chi connectivity index (χ2v) is 6.06. The minimum atomic E-state index is -1.08. The van der Waals surface area contributed by atoms with Gasteiger partial charge in [-0.3, -0.25) is 4.79 Å². The largest absolute Gasteiger partial charge is 0.478 e. The van der Waals surface area contributed by atoms with Crippen molar-refractivity contribution in [3.8, 4) is 0 Å². The minimum absolute atomic E-state index is 0.0805. The van der Waals surface area contributed by atoms with Gasteiger partial charge >= 0.3 is 5.97 Å². The summed E-state index contributed by atoms with van der Waals surface area (Å²) in [6, 6.07) is 23.6. The lowest BCUT2D eigenvalue weighted by molar-refractivity contribution is 0.0697. The Morgan fingerprint density at radius 2 is 1.41 bits per heavy atom. The van der Waals surface area contributed by atoms with Gasteiger partial charge in [0.05, 0.1) is 11.3 Å². The number of nitrogens with zero attached hydrogens (tertiary/aromatic N) is 1. The summed E-state index contributed by atoms with van der Waals surface area (Å²) in [5.74, 6) is -1.33. The Kier molecular flexibility index (Phi) is 5.47. The number of carboxylic acid groups (broad SMARTS) is 1. The number of rotatable bonds is 5. The molecule has 4 nitrogen and oxygen atoms in total. The van der Waals surface area contributed by atoms with Crippen molar-refractivity contribution in [1.29, 1.82) is 0 Å². The van der Waals surface area contributed by atoms with Crippen LogP contribution in [0.5, 0.6) is 0 Å². The summed E-state index contributed by atoms with van der Waals surface area (Å²) < 4.78 is 0. The monoisotopic (exact) mass is 357 g/mol. The zero-order valence-corrected chi connectivity index (χ0v) is 14.9. The summed E-state index contributed by atoms with van der Waals surface area (Å²) in [5.41, 5.74) is 2.71. The van der Waals surface area contributed by atoms with Crippen LogP contribution in [-0.2, 0) is 0 Å². The second-order valence-electron chi connectivity index (χ2n) is 6.06. The number of hydrogen-bond donors (Lipinski definition) is 1. The van der Waals surface area contributed by atoms with Crippen LogP contribution in [0.2, 0.25) is 0 Å². The van der Waals surface area contributed by atoms with Crippen molar-refractivity contribution in [1.82, 2.24) is 0 Å². The third kappa shape index (κ3) is 4.30. The molecular weight excluding hydrogens is 338 g/mol. The maximum atomic E-state index is 12.6. The van der Waals surface area contributed by atoms with E-state index in [4.69, 9.17) is 0 Å². The van der Waals surface area contributed by atoms with E-state index in [1.165, 1.54) is 4.90 Å². The van der Waals surface area contributed by atoms with Crippen LogP contribution in [0.4, 0.5) is 5.69 Å². The predicted octanol–water partition coefficient (Wildman–Crippen LogP) is 4.83. The molecule has 3 aromatic carbocycles. The highest BCUT2D eigenvalue weighted by Gasteiger charge is 2.19. The Bertz CT molecular complexity index is 979. The van der Waals surface area contributed by atoms with Crippen LogP contribution in [0.1, 0.15) is 31.8 Å². The molecule has 0 radical (unpaired) electrons. The van der Waals surface area contributed by atoms with Gasteiger partial charge < -0.3 is 10.0 Å². The lowest BCUT2D eigenvalue weighted by Crippen LogP contribution is -2.27. The molecule has 0 bridgehead atoms. The maximum absolute atomic E-state index is 12.6. The van der Waals surface area contributed by atoms with E-state index in [9.17, 15) is 14.7 Å². The molecule has 0 atom stereocenters. The molecule has 0 aliphatic carbocycles. The molecule has 0 aliphatic heterocycles. The van der Waals surface area contributed by atoms with E-state index in [0.717, 1.165) is 11.1 Å². The molecule has 1 N–H and O–H groups in total. The van der Waals surface area contributed by atoms with Crippen molar-refractivity contribution in [3.63, 3.8) is 0 Å². The van der Waals surface area contributed by atoms with Gasteiger partial charge in [0.15, 0.2) is 0 Å². The van der Waals surface area contributed by atoms with Gasteiger partial charge in [-0.1, -0.05) is 66.7 Å². The summed E-state index contributed by atoms with van der Waals surface area (Å²) in [6.07, 6.45) is 3.77. The number of benzene rings is 3. The van der Waals surface area contributed by atoms with Gasteiger partial charge in [0, 0.05) is 12.6 Å². The first-order valence-corrected chi connectivity index (χ1v) is 8.50. The Morgan fingerprint density at radius 3 is 2.04 bits per heavy atom. The van der Waals surface area contributed by atoms with Gasteiger partial charge in [0.1, 0.15) is 0 Å². The molecule has 0 spiro atoms. The van der Waals surface area contributed by atoms with Crippen molar-refractivity contribution in [2.45, 2.75) is 0 Å². The topological polar surface area (TPSA) is 57.6 Å². The molecule has 1 amide bonds. The normalized spacial score (nSPS) is 10.7. The Hall–Kier alpha value is -3.66. The molecule has 3 rings (SSSR count). The van der Waals surface area contributed by atoms with E-state index in [1.54, 1.807) is 49.5 Å². The Morgan fingerprint density at radius 1 is 0.815 bits per heavy atom. The van der Waals surface area contributed by atoms with Crippen LogP contribution < -0.4 is 4.90 Å². The molecule has 0 unspecified atom stereocenters. The van der Waals surface area contributed by atoms with Gasteiger partial charge in [0.2, 0.25) is 0 Å². The second kappa shape index (κ2) is 8.15. The van der Waals surface area contributed by atoms with E-state index in [-0.39, 0.29) is 11.5 Å². The molecule has 0 aliphatic rings. The average molecular weight is 357 g/mol. The number of hydrogen-bond acceptors (Lipinski definition) is 2. The highest BCUT2D eigenvalue weighted by molar-refractivity contribution is 6.09. The summed E-state index contributed by atoms with van der Waals surface area (Å²) in [6.45, 7) is 0. The van der Waals surface area contributed by atoms with Gasteiger partial charge in [0.25, 0.3) is 5.91 Å². The molecular formula is C23H19NO3. The summed E-state index contributed by atoms with van der Waals surface area (Å²) in [7, 11) is 1.58. The third-order valence-corrected chi connectivity index (χ3v) is 4.21.